The number of hydrogen-bond donors (Lipinski definition) is 1. The van der Waals surface area contributed by atoms with E-state index in [2.05, 4.69) is 15.9 Å². The van der Waals surface area contributed by atoms with Crippen molar-refractivity contribution in [3.8, 4) is 0 Å². The van der Waals surface area contributed by atoms with Crippen LogP contribution in [0.3, 0.4) is 0 Å². The molecular weight excluding hydrogens is 260 g/mol. The summed E-state index contributed by atoms with van der Waals surface area (Å²) in [4.78, 5) is 11.1. The van der Waals surface area contributed by atoms with Gasteiger partial charge in [0, 0.05) is 10.0 Å². The van der Waals surface area contributed by atoms with Crippen molar-refractivity contribution in [3.63, 3.8) is 0 Å². The molecule has 70 valence electrons. The van der Waals surface area contributed by atoms with Gasteiger partial charge >= 0.3 is 0 Å². The number of nitrogens with two attached hydrogens (primary N) is 1. The van der Waals surface area contributed by atoms with Crippen LogP contribution in [0, 0.1) is 5.82 Å². The molecule has 0 unspecified atom stereocenters. The molecule has 5 heteroatoms. The quantitative estimate of drug-likeness (QED) is 0.660. The molecule has 0 bridgehead atoms. The lowest BCUT2D eigenvalue weighted by atomic mass is 10.1. The number of hydrogen-bond acceptors (Lipinski definition) is 2. The normalized spacial score (nSPS) is 10.2. The molecule has 0 aliphatic heterocycles. The summed E-state index contributed by atoms with van der Waals surface area (Å²) >= 11 is 8.62. The van der Waals surface area contributed by atoms with Crippen LogP contribution in [-0.4, -0.2) is 12.3 Å². The molecule has 0 aliphatic rings. The summed E-state index contributed by atoms with van der Waals surface area (Å²) in [6.45, 7) is -0.185. The van der Waals surface area contributed by atoms with E-state index in [0.717, 1.165) is 0 Å². The Morgan fingerprint density at radius 2 is 2.23 bits per heavy atom. The highest BCUT2D eigenvalue weighted by molar-refractivity contribution is 9.10. The second kappa shape index (κ2) is 4.17. The summed E-state index contributed by atoms with van der Waals surface area (Å²) in [5.74, 6) is -1.02. The summed E-state index contributed by atoms with van der Waals surface area (Å²) in [6, 6.07) is 2.64. The molecule has 2 N–H and O–H groups in total. The minimum Gasteiger partial charge on any atom is -0.324 e. The zero-order chi connectivity index (χ0) is 10.0. The highest BCUT2D eigenvalue weighted by Crippen LogP contribution is 2.24. The maximum atomic E-state index is 13.0. The minimum atomic E-state index is -0.632. The van der Waals surface area contributed by atoms with Crippen LogP contribution in [0.2, 0.25) is 5.02 Å². The van der Waals surface area contributed by atoms with Crippen LogP contribution in [0.4, 0.5) is 4.39 Å². The van der Waals surface area contributed by atoms with Gasteiger partial charge in [-0.1, -0.05) is 27.5 Å². The number of rotatable bonds is 2. The van der Waals surface area contributed by atoms with Crippen LogP contribution < -0.4 is 5.73 Å². The van der Waals surface area contributed by atoms with Gasteiger partial charge in [-0.25, -0.2) is 4.39 Å². The fourth-order valence-electron chi connectivity index (χ4n) is 0.869. The summed E-state index contributed by atoms with van der Waals surface area (Å²) in [5, 5.41) is -0.182. The molecule has 1 rings (SSSR count). The van der Waals surface area contributed by atoms with Gasteiger partial charge in [-0.2, -0.15) is 0 Å². The van der Waals surface area contributed by atoms with Gasteiger partial charge in [0.05, 0.1) is 11.6 Å². The first kappa shape index (κ1) is 10.6. The lowest BCUT2D eigenvalue weighted by molar-refractivity contribution is 0.100. The Balaban J connectivity index is 3.28. The lowest BCUT2D eigenvalue weighted by Gasteiger charge is -2.03. The number of halogens is 3. The van der Waals surface area contributed by atoms with Gasteiger partial charge in [0.2, 0.25) is 0 Å². The Kier molecular flexibility index (Phi) is 3.41. The summed E-state index contributed by atoms with van der Waals surface area (Å²) in [6.07, 6.45) is 0. The molecule has 0 saturated heterocycles. The Morgan fingerprint density at radius 1 is 1.62 bits per heavy atom. The first-order chi connectivity index (χ1) is 6.06. The van der Waals surface area contributed by atoms with E-state index < -0.39 is 5.82 Å². The van der Waals surface area contributed by atoms with Crippen molar-refractivity contribution in [1.29, 1.82) is 0 Å². The average molecular weight is 266 g/mol. The molecule has 0 heterocycles. The van der Waals surface area contributed by atoms with Crippen LogP contribution in [0.1, 0.15) is 10.4 Å². The second-order valence-corrected chi connectivity index (χ2v) is 3.67. The third-order valence-corrected chi connectivity index (χ3v) is 2.32. The zero-order valence-corrected chi connectivity index (χ0v) is 8.82. The van der Waals surface area contributed by atoms with Gasteiger partial charge in [-0.15, -0.1) is 0 Å². The highest BCUT2D eigenvalue weighted by atomic mass is 79.9. The third kappa shape index (κ3) is 2.27. The van der Waals surface area contributed by atoms with Gasteiger partial charge in [0.1, 0.15) is 5.82 Å². The molecule has 1 aromatic rings. The average Bonchev–Trinajstić information content (AvgIpc) is 2.10. The van der Waals surface area contributed by atoms with Crippen LogP contribution in [0.15, 0.2) is 16.6 Å². The molecule has 1 aromatic carbocycles. The molecule has 0 saturated carbocycles. The van der Waals surface area contributed by atoms with Crippen LogP contribution in [0.25, 0.3) is 0 Å². The first-order valence-corrected chi connectivity index (χ1v) is 4.61. The van der Waals surface area contributed by atoms with E-state index in [4.69, 9.17) is 17.3 Å². The monoisotopic (exact) mass is 265 g/mol. The molecular formula is C8H6BrClFNO. The predicted octanol–water partition coefficient (Wildman–Crippen LogP) is 2.38. The number of benzene rings is 1. The summed E-state index contributed by atoms with van der Waals surface area (Å²) in [7, 11) is 0. The number of carbonyl (C=O) groups is 1. The number of Topliss-reactive ketones (excluding diaryl/α,β-unsaturated/α-hetero) is 1. The second-order valence-electron chi connectivity index (χ2n) is 2.38. The van der Waals surface area contributed by atoms with Gasteiger partial charge in [-0.05, 0) is 12.1 Å². The molecule has 0 radical (unpaired) electrons. The van der Waals surface area contributed by atoms with E-state index in [0.29, 0.717) is 4.47 Å². The third-order valence-electron chi connectivity index (χ3n) is 1.48. The van der Waals surface area contributed by atoms with Crippen molar-refractivity contribution in [3.05, 3.63) is 33.0 Å². The van der Waals surface area contributed by atoms with Crippen LogP contribution in [0.5, 0.6) is 0 Å². The lowest BCUT2D eigenvalue weighted by Crippen LogP contribution is -2.14. The fraction of sp³-hybridized carbons (Fsp3) is 0.125. The van der Waals surface area contributed by atoms with Gasteiger partial charge in [0.25, 0.3) is 0 Å². The van der Waals surface area contributed by atoms with E-state index in [1.54, 1.807) is 0 Å². The predicted molar refractivity (Wildman–Crippen MR) is 52.5 cm³/mol. The molecule has 13 heavy (non-hydrogen) atoms. The highest BCUT2D eigenvalue weighted by Gasteiger charge is 2.13. The summed E-state index contributed by atoms with van der Waals surface area (Å²) in [5.41, 5.74) is 5.23. The smallest absolute Gasteiger partial charge is 0.178 e. The van der Waals surface area contributed by atoms with Crippen LogP contribution >= 0.6 is 27.5 Å². The van der Waals surface area contributed by atoms with Gasteiger partial charge < -0.3 is 5.73 Å². The van der Waals surface area contributed by atoms with E-state index in [1.807, 2.05) is 0 Å². The standard InChI is InChI=1S/C8H6BrClFNO/c9-4-1-5(7(13)3-12)8(10)6(11)2-4/h1-2H,3,12H2. The zero-order valence-electron chi connectivity index (χ0n) is 6.48. The van der Waals surface area contributed by atoms with Crippen LogP contribution in [-0.2, 0) is 0 Å². The van der Waals surface area contributed by atoms with E-state index >= 15 is 0 Å². The minimum absolute atomic E-state index is 0.107. The molecule has 0 aromatic heterocycles. The van der Waals surface area contributed by atoms with Gasteiger partial charge in [-0.3, -0.25) is 4.79 Å². The molecule has 2 nitrogen and oxygen atoms in total. The Hall–Kier alpha value is -0.450. The largest absolute Gasteiger partial charge is 0.324 e. The van der Waals surface area contributed by atoms with Gasteiger partial charge in [0.15, 0.2) is 5.78 Å². The Bertz CT molecular complexity index is 356. The van der Waals surface area contributed by atoms with Crippen molar-refractivity contribution >= 4 is 33.3 Å². The summed E-state index contributed by atoms with van der Waals surface area (Å²) < 4.78 is 13.4. The Labute approximate surface area is 88.0 Å². The first-order valence-electron chi connectivity index (χ1n) is 3.44. The van der Waals surface area contributed by atoms with Crippen molar-refractivity contribution in [2.24, 2.45) is 5.73 Å². The van der Waals surface area contributed by atoms with Crippen molar-refractivity contribution in [2.45, 2.75) is 0 Å². The van der Waals surface area contributed by atoms with Crippen molar-refractivity contribution in [1.82, 2.24) is 0 Å². The SMILES string of the molecule is NCC(=O)c1cc(Br)cc(F)c1Cl. The molecule has 0 spiro atoms. The van der Waals surface area contributed by atoms with Crippen molar-refractivity contribution < 1.29 is 9.18 Å². The molecule has 0 atom stereocenters. The molecule has 0 aliphatic carbocycles. The van der Waals surface area contributed by atoms with Crippen molar-refractivity contribution in [2.75, 3.05) is 6.54 Å². The molecule has 0 fully saturated rings. The van der Waals surface area contributed by atoms with E-state index in [-0.39, 0.29) is 22.9 Å². The number of ketones is 1. The molecule has 0 amide bonds. The maximum Gasteiger partial charge on any atom is 0.178 e. The number of carbonyl (C=O) groups excluding carboxylic acids is 1. The maximum absolute atomic E-state index is 13.0. The van der Waals surface area contributed by atoms with E-state index in [9.17, 15) is 9.18 Å². The van der Waals surface area contributed by atoms with E-state index in [1.165, 1.54) is 12.1 Å². The topological polar surface area (TPSA) is 43.1 Å². The fourth-order valence-corrected chi connectivity index (χ4v) is 1.51. The Morgan fingerprint density at radius 3 is 2.77 bits per heavy atom.